The van der Waals surface area contributed by atoms with Crippen LogP contribution in [0.1, 0.15) is 28.4 Å². The molecule has 134 valence electrons. The van der Waals surface area contributed by atoms with E-state index in [-0.39, 0.29) is 17.9 Å². The number of amides is 1. The molecule has 0 aromatic carbocycles. The largest absolute Gasteiger partial charge is 0.335 e. The van der Waals surface area contributed by atoms with E-state index < -0.39 is 0 Å². The van der Waals surface area contributed by atoms with Gasteiger partial charge in [-0.3, -0.25) is 9.80 Å². The Hall–Kier alpha value is -3.08. The van der Waals surface area contributed by atoms with E-state index in [4.69, 9.17) is 5.26 Å². The number of nitriles is 1. The topological polar surface area (TPSA) is 80.2 Å². The highest BCUT2D eigenvalue weighted by molar-refractivity contribution is 5.93. The van der Waals surface area contributed by atoms with Gasteiger partial charge in [0.15, 0.2) is 6.19 Å². The van der Waals surface area contributed by atoms with Gasteiger partial charge in [0.1, 0.15) is 11.3 Å². The molecule has 0 saturated carbocycles. The van der Waals surface area contributed by atoms with Crippen LogP contribution in [0.3, 0.4) is 0 Å². The lowest BCUT2D eigenvalue weighted by Crippen LogP contribution is -2.38. The van der Waals surface area contributed by atoms with Gasteiger partial charge in [-0.15, -0.1) is 0 Å². The third-order valence-electron chi connectivity index (χ3n) is 5.20. The van der Waals surface area contributed by atoms with Gasteiger partial charge in [0.05, 0.1) is 6.04 Å². The maximum absolute atomic E-state index is 12.8. The minimum absolute atomic E-state index is 0.0489. The minimum atomic E-state index is -0.109. The van der Waals surface area contributed by atoms with Crippen molar-refractivity contribution in [3.63, 3.8) is 0 Å². The molecule has 2 aromatic rings. The maximum Gasteiger partial charge on any atom is 0.274 e. The standard InChI is InChI=1S/C18H21N7O/c1-22-8-14(7-20-22)13-3-4-17-21-16(11-25(17)9-13)18(26)23(2)15-5-6-24(10-15)12-19/h3-4,7,9,11,14-15H,5-6,8,10H2,1-2H3. The lowest BCUT2D eigenvalue weighted by atomic mass is 10.0. The lowest BCUT2D eigenvalue weighted by molar-refractivity contribution is 0.0734. The highest BCUT2D eigenvalue weighted by Gasteiger charge is 2.29. The van der Waals surface area contributed by atoms with E-state index in [2.05, 4.69) is 16.3 Å². The molecule has 2 aliphatic rings. The van der Waals surface area contributed by atoms with Crippen LogP contribution in [-0.4, -0.2) is 76.1 Å². The van der Waals surface area contributed by atoms with Crippen LogP contribution >= 0.6 is 0 Å². The number of likely N-dealkylation sites (tertiary alicyclic amines) is 1. The van der Waals surface area contributed by atoms with Crippen molar-refractivity contribution in [3.05, 3.63) is 35.8 Å². The number of fused-ring (bicyclic) bond motifs is 1. The predicted octanol–water partition coefficient (Wildman–Crippen LogP) is 0.976. The Labute approximate surface area is 151 Å². The average molecular weight is 351 g/mol. The van der Waals surface area contributed by atoms with Crippen molar-refractivity contribution in [1.82, 2.24) is 24.2 Å². The maximum atomic E-state index is 12.8. The van der Waals surface area contributed by atoms with Gasteiger partial charge in [0.2, 0.25) is 0 Å². The number of hydrogen-bond donors (Lipinski definition) is 0. The van der Waals surface area contributed by atoms with Crippen molar-refractivity contribution in [2.45, 2.75) is 18.4 Å². The Morgan fingerprint density at radius 1 is 1.35 bits per heavy atom. The first kappa shape index (κ1) is 16.4. The Kier molecular flexibility index (Phi) is 3.99. The highest BCUT2D eigenvalue weighted by atomic mass is 16.2. The Morgan fingerprint density at radius 3 is 2.88 bits per heavy atom. The second-order valence-electron chi connectivity index (χ2n) is 6.97. The van der Waals surface area contributed by atoms with E-state index >= 15 is 0 Å². The molecule has 0 radical (unpaired) electrons. The summed E-state index contributed by atoms with van der Waals surface area (Å²) < 4.78 is 1.90. The van der Waals surface area contributed by atoms with E-state index in [0.717, 1.165) is 24.2 Å². The number of rotatable bonds is 3. The quantitative estimate of drug-likeness (QED) is 0.770. The zero-order chi connectivity index (χ0) is 18.3. The third kappa shape index (κ3) is 2.86. The van der Waals surface area contributed by atoms with Crippen LogP contribution in [0.25, 0.3) is 5.65 Å². The number of pyridine rings is 1. The molecule has 0 N–H and O–H groups in total. The van der Waals surface area contributed by atoms with Gasteiger partial charge in [0.25, 0.3) is 5.91 Å². The van der Waals surface area contributed by atoms with Gasteiger partial charge in [-0.05, 0) is 18.1 Å². The summed E-state index contributed by atoms with van der Waals surface area (Å²) in [6.07, 6.45) is 8.70. The Balaban J connectivity index is 1.54. The molecule has 0 aliphatic carbocycles. The van der Waals surface area contributed by atoms with Crippen LogP contribution in [0.5, 0.6) is 0 Å². The summed E-state index contributed by atoms with van der Waals surface area (Å²) in [6.45, 7) is 2.14. The fraction of sp³-hybridized carbons (Fsp3) is 0.444. The fourth-order valence-electron chi connectivity index (χ4n) is 3.59. The molecular formula is C18H21N7O. The number of nitrogens with zero attached hydrogens (tertiary/aromatic N) is 7. The normalized spacial score (nSPS) is 22.2. The van der Waals surface area contributed by atoms with Gasteiger partial charge in [-0.2, -0.15) is 10.4 Å². The summed E-state index contributed by atoms with van der Waals surface area (Å²) in [6, 6.07) is 4.02. The molecule has 1 fully saturated rings. The zero-order valence-corrected chi connectivity index (χ0v) is 14.9. The minimum Gasteiger partial charge on any atom is -0.335 e. The van der Waals surface area contributed by atoms with Crippen molar-refractivity contribution in [1.29, 1.82) is 5.26 Å². The van der Waals surface area contributed by atoms with Crippen LogP contribution in [0.4, 0.5) is 0 Å². The van der Waals surface area contributed by atoms with Crippen molar-refractivity contribution in [3.8, 4) is 6.19 Å². The monoisotopic (exact) mass is 351 g/mol. The number of carbonyl (C=O) groups is 1. The first-order valence-electron chi connectivity index (χ1n) is 8.71. The van der Waals surface area contributed by atoms with Crippen molar-refractivity contribution >= 4 is 17.8 Å². The van der Waals surface area contributed by atoms with Crippen LogP contribution in [0.15, 0.2) is 29.6 Å². The molecule has 1 amide bonds. The van der Waals surface area contributed by atoms with Gasteiger partial charge in [0, 0.05) is 58.3 Å². The molecule has 2 atom stereocenters. The lowest BCUT2D eigenvalue weighted by Gasteiger charge is -2.22. The number of imidazole rings is 1. The molecule has 0 spiro atoms. The van der Waals surface area contributed by atoms with E-state index in [1.165, 1.54) is 0 Å². The van der Waals surface area contributed by atoms with E-state index in [0.29, 0.717) is 18.8 Å². The van der Waals surface area contributed by atoms with Crippen LogP contribution in [-0.2, 0) is 0 Å². The first-order chi connectivity index (χ1) is 12.5. The van der Waals surface area contributed by atoms with Crippen molar-refractivity contribution in [2.75, 3.05) is 33.7 Å². The zero-order valence-electron chi connectivity index (χ0n) is 14.9. The molecule has 4 rings (SSSR count). The smallest absolute Gasteiger partial charge is 0.274 e. The van der Waals surface area contributed by atoms with Crippen LogP contribution < -0.4 is 0 Å². The summed E-state index contributed by atoms with van der Waals surface area (Å²) in [5.41, 5.74) is 2.33. The summed E-state index contributed by atoms with van der Waals surface area (Å²) in [7, 11) is 3.74. The van der Waals surface area contributed by atoms with E-state index in [9.17, 15) is 4.79 Å². The number of carbonyl (C=O) groups excluding carboxylic acids is 1. The second-order valence-corrected chi connectivity index (χ2v) is 6.97. The number of hydrogen-bond acceptors (Lipinski definition) is 6. The number of aromatic nitrogens is 2. The molecular weight excluding hydrogens is 330 g/mol. The van der Waals surface area contributed by atoms with Crippen LogP contribution in [0.2, 0.25) is 0 Å². The van der Waals surface area contributed by atoms with Crippen molar-refractivity contribution < 1.29 is 4.79 Å². The summed E-state index contributed by atoms with van der Waals surface area (Å²) >= 11 is 0. The SMILES string of the molecule is CN1CC(c2ccc3nc(C(=O)N(C)C4CCN(C#N)C4)cn3c2)C=N1. The summed E-state index contributed by atoms with van der Waals surface area (Å²) in [4.78, 5) is 20.7. The number of likely N-dealkylation sites (N-methyl/N-ethyl adjacent to an activating group) is 2. The molecule has 8 heteroatoms. The van der Waals surface area contributed by atoms with Gasteiger partial charge < -0.3 is 14.2 Å². The van der Waals surface area contributed by atoms with Gasteiger partial charge in [-0.25, -0.2) is 4.98 Å². The Bertz CT molecular complexity index is 912. The van der Waals surface area contributed by atoms with Crippen LogP contribution in [0, 0.1) is 11.5 Å². The van der Waals surface area contributed by atoms with Gasteiger partial charge in [-0.1, -0.05) is 6.07 Å². The first-order valence-corrected chi connectivity index (χ1v) is 8.71. The molecule has 8 nitrogen and oxygen atoms in total. The fourth-order valence-corrected chi connectivity index (χ4v) is 3.59. The second kappa shape index (κ2) is 6.33. The number of hydrazone groups is 1. The predicted molar refractivity (Wildman–Crippen MR) is 96.7 cm³/mol. The average Bonchev–Trinajstić information content (AvgIpc) is 3.38. The molecule has 2 aliphatic heterocycles. The molecule has 2 aromatic heterocycles. The van der Waals surface area contributed by atoms with Gasteiger partial charge >= 0.3 is 0 Å². The molecule has 0 bridgehead atoms. The third-order valence-corrected chi connectivity index (χ3v) is 5.20. The van der Waals surface area contributed by atoms with E-state index in [1.807, 2.05) is 41.0 Å². The molecule has 4 heterocycles. The molecule has 1 saturated heterocycles. The molecule has 2 unspecified atom stereocenters. The summed E-state index contributed by atoms with van der Waals surface area (Å²) in [5, 5.41) is 15.2. The van der Waals surface area contributed by atoms with E-state index in [1.54, 1.807) is 23.0 Å². The van der Waals surface area contributed by atoms with Crippen molar-refractivity contribution in [2.24, 2.45) is 5.10 Å². The Morgan fingerprint density at radius 2 is 2.19 bits per heavy atom. The summed E-state index contributed by atoms with van der Waals surface area (Å²) in [5.74, 6) is 0.145. The molecule has 26 heavy (non-hydrogen) atoms. The highest BCUT2D eigenvalue weighted by Crippen LogP contribution is 2.21.